The number of nitrogen functional groups attached to an aromatic ring is 1. The summed E-state index contributed by atoms with van der Waals surface area (Å²) < 4.78 is 19.9. The fourth-order valence-electron chi connectivity index (χ4n) is 1.75. The van der Waals surface area contributed by atoms with Gasteiger partial charge in [0.2, 0.25) is 0 Å². The van der Waals surface area contributed by atoms with E-state index in [9.17, 15) is 9.18 Å². The highest BCUT2D eigenvalue weighted by molar-refractivity contribution is 9.10. The summed E-state index contributed by atoms with van der Waals surface area (Å²) in [6.07, 6.45) is 0. The van der Waals surface area contributed by atoms with Crippen molar-refractivity contribution >= 4 is 27.6 Å². The molecule has 0 saturated carbocycles. The van der Waals surface area contributed by atoms with Crippen molar-refractivity contribution in [3.63, 3.8) is 0 Å². The van der Waals surface area contributed by atoms with Gasteiger partial charge in [0.05, 0.1) is 5.56 Å². The first kappa shape index (κ1) is 14.5. The zero-order valence-electron chi connectivity index (χ0n) is 10.8. The minimum Gasteiger partial charge on any atom is -0.457 e. The molecule has 0 unspecified atom stereocenters. The molecule has 0 saturated heterocycles. The van der Waals surface area contributed by atoms with E-state index in [4.69, 9.17) is 10.5 Å². The van der Waals surface area contributed by atoms with Gasteiger partial charge in [-0.1, -0.05) is 28.1 Å². The molecule has 0 fully saturated rings. The molecule has 0 spiro atoms. The first-order chi connectivity index (χ1) is 9.47. The Morgan fingerprint density at radius 1 is 1.30 bits per heavy atom. The summed E-state index contributed by atoms with van der Waals surface area (Å²) in [6, 6.07) is 10.1. The predicted octanol–water partition coefficient (Wildman–Crippen LogP) is 3.84. The predicted molar refractivity (Wildman–Crippen MR) is 78.8 cm³/mol. The maximum atomic E-state index is 13.8. The number of esters is 1. The normalized spacial score (nSPS) is 10.3. The van der Waals surface area contributed by atoms with Crippen molar-refractivity contribution in [1.82, 2.24) is 0 Å². The number of nitrogens with two attached hydrogens (primary N) is 1. The third-order valence-electron chi connectivity index (χ3n) is 2.78. The number of carbonyl (C=O) groups excluding carboxylic acids is 1. The van der Waals surface area contributed by atoms with Gasteiger partial charge in [0.15, 0.2) is 0 Å². The third kappa shape index (κ3) is 3.36. The maximum absolute atomic E-state index is 13.8. The minimum absolute atomic E-state index is 0.0827. The van der Waals surface area contributed by atoms with E-state index in [1.54, 1.807) is 6.92 Å². The van der Waals surface area contributed by atoms with E-state index in [1.165, 1.54) is 12.1 Å². The summed E-state index contributed by atoms with van der Waals surface area (Å²) in [6.45, 7) is 1.64. The highest BCUT2D eigenvalue weighted by Crippen LogP contribution is 2.19. The molecule has 2 rings (SSSR count). The SMILES string of the molecule is Cc1cc(N)cc(C(=O)OCc2ccc(Br)cc2)c1F. The monoisotopic (exact) mass is 337 g/mol. The molecule has 2 N–H and O–H groups in total. The number of hydrogen-bond acceptors (Lipinski definition) is 3. The fourth-order valence-corrected chi connectivity index (χ4v) is 2.02. The lowest BCUT2D eigenvalue weighted by atomic mass is 10.1. The van der Waals surface area contributed by atoms with Gasteiger partial charge < -0.3 is 10.5 Å². The molecule has 0 radical (unpaired) electrons. The lowest BCUT2D eigenvalue weighted by molar-refractivity contribution is 0.0467. The average molecular weight is 338 g/mol. The minimum atomic E-state index is -0.721. The Labute approximate surface area is 124 Å². The first-order valence-electron chi connectivity index (χ1n) is 5.94. The largest absolute Gasteiger partial charge is 0.457 e. The summed E-state index contributed by atoms with van der Waals surface area (Å²) in [5.41, 5.74) is 6.95. The molecule has 0 aromatic heterocycles. The topological polar surface area (TPSA) is 52.3 Å². The van der Waals surface area contributed by atoms with Crippen LogP contribution < -0.4 is 5.73 Å². The van der Waals surface area contributed by atoms with Gasteiger partial charge in [-0.05, 0) is 42.3 Å². The van der Waals surface area contributed by atoms with Crippen LogP contribution in [-0.4, -0.2) is 5.97 Å². The molecule has 3 nitrogen and oxygen atoms in total. The van der Waals surface area contributed by atoms with Gasteiger partial charge in [0.1, 0.15) is 12.4 Å². The summed E-state index contributed by atoms with van der Waals surface area (Å²) in [5.74, 6) is -1.32. The highest BCUT2D eigenvalue weighted by atomic mass is 79.9. The summed E-state index contributed by atoms with van der Waals surface area (Å²) in [4.78, 5) is 11.9. The molecule has 2 aromatic rings. The molecular weight excluding hydrogens is 325 g/mol. The molecule has 0 atom stereocenters. The Hall–Kier alpha value is -1.88. The molecule has 0 aliphatic carbocycles. The Balaban J connectivity index is 2.11. The zero-order valence-corrected chi connectivity index (χ0v) is 12.4. The van der Waals surface area contributed by atoms with Gasteiger partial charge in [-0.2, -0.15) is 0 Å². The molecule has 2 aromatic carbocycles. The van der Waals surface area contributed by atoms with Crippen LogP contribution in [0.15, 0.2) is 40.9 Å². The van der Waals surface area contributed by atoms with Crippen LogP contribution in [0.2, 0.25) is 0 Å². The van der Waals surface area contributed by atoms with E-state index in [0.717, 1.165) is 10.0 Å². The number of hydrogen-bond donors (Lipinski definition) is 1. The van der Waals surface area contributed by atoms with Gasteiger partial charge in [-0.15, -0.1) is 0 Å². The Morgan fingerprint density at radius 3 is 2.60 bits per heavy atom. The van der Waals surface area contributed by atoms with Crippen LogP contribution in [0.5, 0.6) is 0 Å². The van der Waals surface area contributed by atoms with Crippen molar-refractivity contribution < 1.29 is 13.9 Å². The van der Waals surface area contributed by atoms with E-state index < -0.39 is 11.8 Å². The van der Waals surface area contributed by atoms with Crippen molar-refractivity contribution in [2.75, 3.05) is 5.73 Å². The Bertz CT molecular complexity index is 641. The van der Waals surface area contributed by atoms with Gasteiger partial charge in [-0.3, -0.25) is 0 Å². The Morgan fingerprint density at radius 2 is 1.95 bits per heavy atom. The number of rotatable bonds is 3. The van der Waals surface area contributed by atoms with Gasteiger partial charge in [0.25, 0.3) is 0 Å². The molecule has 0 bridgehead atoms. The first-order valence-corrected chi connectivity index (χ1v) is 6.74. The molecular formula is C15H13BrFNO2. The van der Waals surface area contributed by atoms with Gasteiger partial charge >= 0.3 is 5.97 Å². The van der Waals surface area contributed by atoms with E-state index in [0.29, 0.717) is 11.3 Å². The second kappa shape index (κ2) is 6.05. The van der Waals surface area contributed by atoms with Crippen LogP contribution in [0, 0.1) is 12.7 Å². The number of aryl methyl sites for hydroxylation is 1. The van der Waals surface area contributed by atoms with Crippen LogP contribution in [0.4, 0.5) is 10.1 Å². The van der Waals surface area contributed by atoms with E-state index >= 15 is 0 Å². The number of halogens is 2. The van der Waals surface area contributed by atoms with Crippen molar-refractivity contribution in [1.29, 1.82) is 0 Å². The van der Waals surface area contributed by atoms with Crippen molar-refractivity contribution in [2.45, 2.75) is 13.5 Å². The quantitative estimate of drug-likeness (QED) is 0.683. The van der Waals surface area contributed by atoms with Crippen LogP contribution in [0.3, 0.4) is 0 Å². The molecule has 104 valence electrons. The number of benzene rings is 2. The van der Waals surface area contributed by atoms with Crippen molar-refractivity contribution in [2.24, 2.45) is 0 Å². The maximum Gasteiger partial charge on any atom is 0.341 e. The Kier molecular flexibility index (Phi) is 4.39. The molecule has 20 heavy (non-hydrogen) atoms. The molecule has 0 aliphatic rings. The zero-order chi connectivity index (χ0) is 14.7. The highest BCUT2D eigenvalue weighted by Gasteiger charge is 2.16. The van der Waals surface area contributed by atoms with Crippen molar-refractivity contribution in [3.8, 4) is 0 Å². The molecule has 0 heterocycles. The smallest absolute Gasteiger partial charge is 0.341 e. The standard InChI is InChI=1S/C15H13BrFNO2/c1-9-6-12(18)7-13(14(9)17)15(19)20-8-10-2-4-11(16)5-3-10/h2-7H,8,18H2,1H3. The summed E-state index contributed by atoms with van der Waals surface area (Å²) >= 11 is 3.32. The lowest BCUT2D eigenvalue weighted by Crippen LogP contribution is -2.09. The van der Waals surface area contributed by atoms with E-state index in [-0.39, 0.29) is 12.2 Å². The second-order valence-electron chi connectivity index (χ2n) is 4.40. The lowest BCUT2D eigenvalue weighted by Gasteiger charge is -2.08. The molecule has 0 aliphatic heterocycles. The van der Waals surface area contributed by atoms with E-state index in [2.05, 4.69) is 15.9 Å². The number of ether oxygens (including phenoxy) is 1. The molecule has 5 heteroatoms. The van der Waals surface area contributed by atoms with Gasteiger partial charge in [-0.25, -0.2) is 9.18 Å². The fraction of sp³-hybridized carbons (Fsp3) is 0.133. The van der Waals surface area contributed by atoms with E-state index in [1.807, 2.05) is 24.3 Å². The number of carbonyl (C=O) groups is 1. The van der Waals surface area contributed by atoms with Crippen LogP contribution in [0.25, 0.3) is 0 Å². The van der Waals surface area contributed by atoms with Crippen molar-refractivity contribution in [3.05, 3.63) is 63.4 Å². The summed E-state index contributed by atoms with van der Waals surface area (Å²) in [7, 11) is 0. The third-order valence-corrected chi connectivity index (χ3v) is 3.31. The number of anilines is 1. The van der Waals surface area contributed by atoms with Crippen LogP contribution in [-0.2, 0) is 11.3 Å². The second-order valence-corrected chi connectivity index (χ2v) is 5.32. The van der Waals surface area contributed by atoms with Crippen LogP contribution in [0.1, 0.15) is 21.5 Å². The molecule has 0 amide bonds. The van der Waals surface area contributed by atoms with Gasteiger partial charge in [0, 0.05) is 10.2 Å². The van der Waals surface area contributed by atoms with Crippen LogP contribution >= 0.6 is 15.9 Å². The summed E-state index contributed by atoms with van der Waals surface area (Å²) in [5, 5.41) is 0. The average Bonchev–Trinajstić information content (AvgIpc) is 2.42.